The maximum Gasteiger partial charge on any atom is 0.221 e. The van der Waals surface area contributed by atoms with Gasteiger partial charge in [-0.2, -0.15) is 0 Å². The number of hydrogen-bond acceptors (Lipinski definition) is 2. The van der Waals surface area contributed by atoms with Crippen LogP contribution in [-0.2, 0) is 4.79 Å². The zero-order valence-electron chi connectivity index (χ0n) is 11.9. The summed E-state index contributed by atoms with van der Waals surface area (Å²) in [5, 5.41) is 6.19. The summed E-state index contributed by atoms with van der Waals surface area (Å²) in [5.74, 6) is 0.375. The zero-order valence-corrected chi connectivity index (χ0v) is 11.9. The lowest BCUT2D eigenvalue weighted by atomic mass is 10.0. The minimum atomic E-state index is -0.0557. The van der Waals surface area contributed by atoms with Gasteiger partial charge >= 0.3 is 0 Å². The first-order valence-corrected chi connectivity index (χ1v) is 6.81. The molecule has 0 aliphatic carbocycles. The van der Waals surface area contributed by atoms with Crippen molar-refractivity contribution in [1.29, 1.82) is 0 Å². The van der Waals surface area contributed by atoms with Crippen LogP contribution in [0.1, 0.15) is 25.3 Å². The Morgan fingerprint density at radius 2 is 1.75 bits per heavy atom. The quantitative estimate of drug-likeness (QED) is 0.864. The van der Waals surface area contributed by atoms with E-state index in [1.807, 2.05) is 30.3 Å². The Balaban J connectivity index is 1.95. The topological polar surface area (TPSA) is 41.1 Å². The number of nitrogens with one attached hydrogen (secondary N) is 2. The summed E-state index contributed by atoms with van der Waals surface area (Å²) >= 11 is 0. The molecule has 0 spiro atoms. The average Bonchev–Trinajstić information content (AvgIpc) is 2.45. The van der Waals surface area contributed by atoms with Crippen LogP contribution in [0.2, 0.25) is 0 Å². The highest BCUT2D eigenvalue weighted by Crippen LogP contribution is 2.18. The van der Waals surface area contributed by atoms with Gasteiger partial charge in [0, 0.05) is 24.8 Å². The second-order valence-electron chi connectivity index (χ2n) is 4.95. The fraction of sp³-hybridized carbons (Fsp3) is 0.235. The van der Waals surface area contributed by atoms with Crippen LogP contribution >= 0.6 is 0 Å². The second-order valence-corrected chi connectivity index (χ2v) is 4.95. The van der Waals surface area contributed by atoms with E-state index in [0.29, 0.717) is 5.92 Å². The Morgan fingerprint density at radius 3 is 2.45 bits per heavy atom. The summed E-state index contributed by atoms with van der Waals surface area (Å²) in [6.07, 6.45) is 0. The molecule has 0 saturated carbocycles. The van der Waals surface area contributed by atoms with E-state index in [0.717, 1.165) is 17.9 Å². The van der Waals surface area contributed by atoms with E-state index in [2.05, 4.69) is 41.8 Å². The normalized spacial score (nSPS) is 11.7. The van der Waals surface area contributed by atoms with E-state index in [-0.39, 0.29) is 5.91 Å². The Hall–Kier alpha value is -2.29. The van der Waals surface area contributed by atoms with Gasteiger partial charge in [-0.25, -0.2) is 0 Å². The molecule has 3 heteroatoms. The first kappa shape index (κ1) is 14.1. The number of carbonyl (C=O) groups is 1. The van der Waals surface area contributed by atoms with Gasteiger partial charge in [0.05, 0.1) is 0 Å². The van der Waals surface area contributed by atoms with E-state index in [9.17, 15) is 4.79 Å². The highest BCUT2D eigenvalue weighted by molar-refractivity contribution is 5.89. The predicted molar refractivity (Wildman–Crippen MR) is 84.1 cm³/mol. The Bertz CT molecular complexity index is 566. The molecule has 0 saturated heterocycles. The van der Waals surface area contributed by atoms with Crippen molar-refractivity contribution < 1.29 is 4.79 Å². The van der Waals surface area contributed by atoms with Gasteiger partial charge in [0.1, 0.15) is 0 Å². The second kappa shape index (κ2) is 6.75. The number of benzene rings is 2. The number of carbonyl (C=O) groups excluding carboxylic acids is 1. The number of hydrogen-bond donors (Lipinski definition) is 2. The maximum absolute atomic E-state index is 11.0. The van der Waals surface area contributed by atoms with Crippen molar-refractivity contribution in [1.82, 2.24) is 0 Å². The molecule has 2 rings (SSSR count). The fourth-order valence-electron chi connectivity index (χ4n) is 2.08. The minimum absolute atomic E-state index is 0.0557. The van der Waals surface area contributed by atoms with E-state index in [4.69, 9.17) is 0 Å². The third-order valence-corrected chi connectivity index (χ3v) is 3.16. The fourth-order valence-corrected chi connectivity index (χ4v) is 2.08. The number of rotatable bonds is 5. The van der Waals surface area contributed by atoms with Crippen LogP contribution in [0.3, 0.4) is 0 Å². The van der Waals surface area contributed by atoms with Gasteiger partial charge < -0.3 is 10.6 Å². The first-order chi connectivity index (χ1) is 9.65. The van der Waals surface area contributed by atoms with Gasteiger partial charge in [-0.3, -0.25) is 4.79 Å². The van der Waals surface area contributed by atoms with Gasteiger partial charge in [-0.1, -0.05) is 43.3 Å². The minimum Gasteiger partial charge on any atom is -0.384 e. The van der Waals surface area contributed by atoms with Crippen LogP contribution in [0, 0.1) is 0 Å². The SMILES string of the molecule is CC(=O)Nc1cccc(NCC(C)c2ccccc2)c1. The van der Waals surface area contributed by atoms with E-state index < -0.39 is 0 Å². The van der Waals surface area contributed by atoms with E-state index in [1.165, 1.54) is 12.5 Å². The first-order valence-electron chi connectivity index (χ1n) is 6.81. The third-order valence-electron chi connectivity index (χ3n) is 3.16. The van der Waals surface area contributed by atoms with Crippen LogP contribution in [0.4, 0.5) is 11.4 Å². The maximum atomic E-state index is 11.0. The summed E-state index contributed by atoms with van der Waals surface area (Å²) < 4.78 is 0. The molecule has 2 N–H and O–H groups in total. The molecule has 0 aliphatic rings. The lowest BCUT2D eigenvalue weighted by molar-refractivity contribution is -0.114. The van der Waals surface area contributed by atoms with Gasteiger partial charge in [0.2, 0.25) is 5.91 Å². The Kier molecular flexibility index (Phi) is 4.77. The zero-order chi connectivity index (χ0) is 14.4. The molecule has 3 nitrogen and oxygen atoms in total. The van der Waals surface area contributed by atoms with Crippen molar-refractivity contribution in [2.75, 3.05) is 17.2 Å². The summed E-state index contributed by atoms with van der Waals surface area (Å²) in [4.78, 5) is 11.0. The smallest absolute Gasteiger partial charge is 0.221 e. The molecule has 1 unspecified atom stereocenters. The molecule has 2 aromatic carbocycles. The molecule has 2 aromatic rings. The van der Waals surface area contributed by atoms with Gasteiger partial charge in [0.25, 0.3) is 0 Å². The molecular weight excluding hydrogens is 248 g/mol. The molecule has 0 radical (unpaired) electrons. The van der Waals surface area contributed by atoms with Crippen molar-refractivity contribution in [3.8, 4) is 0 Å². The molecule has 1 atom stereocenters. The standard InChI is InChI=1S/C17H20N2O/c1-13(15-7-4-3-5-8-15)12-18-16-9-6-10-17(11-16)19-14(2)20/h3-11,13,18H,12H2,1-2H3,(H,19,20). The van der Waals surface area contributed by atoms with Crippen molar-refractivity contribution >= 4 is 17.3 Å². The van der Waals surface area contributed by atoms with Gasteiger partial charge in [-0.15, -0.1) is 0 Å². The van der Waals surface area contributed by atoms with E-state index in [1.54, 1.807) is 0 Å². The highest BCUT2D eigenvalue weighted by Gasteiger charge is 2.04. The van der Waals surface area contributed by atoms with Gasteiger partial charge in [0.15, 0.2) is 0 Å². The average molecular weight is 268 g/mol. The predicted octanol–water partition coefficient (Wildman–Crippen LogP) is 3.86. The van der Waals surface area contributed by atoms with Crippen LogP contribution in [0.25, 0.3) is 0 Å². The molecule has 104 valence electrons. The molecular formula is C17H20N2O. The van der Waals surface area contributed by atoms with Crippen LogP contribution in [0.5, 0.6) is 0 Å². The lowest BCUT2D eigenvalue weighted by Gasteiger charge is -2.14. The molecule has 0 bridgehead atoms. The highest BCUT2D eigenvalue weighted by atomic mass is 16.1. The Morgan fingerprint density at radius 1 is 1.05 bits per heavy atom. The van der Waals surface area contributed by atoms with Crippen LogP contribution in [-0.4, -0.2) is 12.5 Å². The molecule has 0 heterocycles. The van der Waals surface area contributed by atoms with Crippen LogP contribution in [0.15, 0.2) is 54.6 Å². The largest absolute Gasteiger partial charge is 0.384 e. The summed E-state index contributed by atoms with van der Waals surface area (Å²) in [5.41, 5.74) is 3.15. The Labute approximate surface area is 120 Å². The van der Waals surface area contributed by atoms with Crippen molar-refractivity contribution in [3.05, 3.63) is 60.2 Å². The molecule has 0 fully saturated rings. The van der Waals surface area contributed by atoms with Crippen molar-refractivity contribution in [3.63, 3.8) is 0 Å². The lowest BCUT2D eigenvalue weighted by Crippen LogP contribution is -2.10. The van der Waals surface area contributed by atoms with Gasteiger partial charge in [-0.05, 0) is 29.7 Å². The molecule has 1 amide bonds. The number of anilines is 2. The molecule has 0 aliphatic heterocycles. The molecule has 20 heavy (non-hydrogen) atoms. The number of amides is 1. The molecule has 0 aromatic heterocycles. The van der Waals surface area contributed by atoms with Crippen molar-refractivity contribution in [2.45, 2.75) is 19.8 Å². The third kappa shape index (κ3) is 4.12. The monoisotopic (exact) mass is 268 g/mol. The van der Waals surface area contributed by atoms with Crippen LogP contribution < -0.4 is 10.6 Å². The van der Waals surface area contributed by atoms with E-state index >= 15 is 0 Å². The summed E-state index contributed by atoms with van der Waals surface area (Å²) in [7, 11) is 0. The van der Waals surface area contributed by atoms with Crippen molar-refractivity contribution in [2.24, 2.45) is 0 Å². The summed E-state index contributed by atoms with van der Waals surface area (Å²) in [6.45, 7) is 4.56. The summed E-state index contributed by atoms with van der Waals surface area (Å²) in [6, 6.07) is 18.2.